The van der Waals surface area contributed by atoms with Crippen LogP contribution in [0.3, 0.4) is 0 Å². The van der Waals surface area contributed by atoms with Crippen molar-refractivity contribution in [1.82, 2.24) is 0 Å². The summed E-state index contributed by atoms with van der Waals surface area (Å²) in [5, 5.41) is 12.0. The number of ether oxygens (including phenoxy) is 1. The minimum atomic E-state index is -4.30. The van der Waals surface area contributed by atoms with Crippen molar-refractivity contribution in [2.75, 3.05) is 0 Å². The molecule has 0 bridgehead atoms. The standard InChI is InChI=1S/C23H32O5S.Na/c1-2-3-4-5-6-7-8-9-10-12-19-15-20(24)17-22(16-19)28-21-13-11-14-23(18-21)29(25,26)27;/h11,13-18,24H,2-10,12H2,1H3,(H,25,26,27);/q;+1/p-1. The molecule has 0 unspecified atom stereocenters. The van der Waals surface area contributed by atoms with Crippen molar-refractivity contribution in [2.24, 2.45) is 0 Å². The van der Waals surface area contributed by atoms with Crippen LogP contribution in [0.4, 0.5) is 0 Å². The van der Waals surface area contributed by atoms with Crippen molar-refractivity contribution < 1.29 is 52.4 Å². The predicted octanol–water partition coefficient (Wildman–Crippen LogP) is 2.88. The third-order valence-corrected chi connectivity index (χ3v) is 5.70. The topological polar surface area (TPSA) is 86.7 Å². The van der Waals surface area contributed by atoms with Crippen LogP contribution in [0.2, 0.25) is 0 Å². The SMILES string of the molecule is CCCCCCCCCCCc1cc([O-])cc(Oc2cccc(S(=O)(=O)O)c2)c1.[Na+]. The monoisotopic (exact) mass is 442 g/mol. The minimum absolute atomic E-state index is 0. The Kier molecular flexibility index (Phi) is 12.7. The van der Waals surface area contributed by atoms with E-state index in [2.05, 4.69) is 6.92 Å². The van der Waals surface area contributed by atoms with Crippen LogP contribution in [-0.2, 0) is 16.5 Å². The summed E-state index contributed by atoms with van der Waals surface area (Å²) < 4.78 is 37.3. The summed E-state index contributed by atoms with van der Waals surface area (Å²) in [5.41, 5.74) is 0.918. The number of hydrogen-bond acceptors (Lipinski definition) is 4. The van der Waals surface area contributed by atoms with Crippen molar-refractivity contribution in [1.29, 1.82) is 0 Å². The van der Waals surface area contributed by atoms with Crippen LogP contribution in [0, 0.1) is 0 Å². The second-order valence-electron chi connectivity index (χ2n) is 7.44. The van der Waals surface area contributed by atoms with Gasteiger partial charge in [-0.3, -0.25) is 4.55 Å². The largest absolute Gasteiger partial charge is 1.00 e. The Bertz CT molecular complexity index is 868. The molecule has 0 heterocycles. The zero-order valence-corrected chi connectivity index (χ0v) is 20.9. The van der Waals surface area contributed by atoms with Gasteiger partial charge in [0.1, 0.15) is 11.5 Å². The van der Waals surface area contributed by atoms with Crippen LogP contribution >= 0.6 is 0 Å². The maximum absolute atomic E-state index is 12.0. The summed E-state index contributed by atoms with van der Waals surface area (Å²) >= 11 is 0. The molecule has 30 heavy (non-hydrogen) atoms. The van der Waals surface area contributed by atoms with E-state index < -0.39 is 10.1 Å². The number of hydrogen-bond donors (Lipinski definition) is 1. The Balaban J connectivity index is 0.00000450. The molecule has 0 aliphatic heterocycles. The number of benzene rings is 2. The molecule has 0 saturated carbocycles. The Morgan fingerprint density at radius 2 is 1.50 bits per heavy atom. The van der Waals surface area contributed by atoms with Gasteiger partial charge in [0.25, 0.3) is 10.1 Å². The first-order valence-corrected chi connectivity index (χ1v) is 11.9. The van der Waals surface area contributed by atoms with E-state index in [1.807, 2.05) is 6.07 Å². The first-order valence-electron chi connectivity index (χ1n) is 10.4. The summed E-state index contributed by atoms with van der Waals surface area (Å²) in [4.78, 5) is -0.247. The van der Waals surface area contributed by atoms with Gasteiger partial charge in [-0.25, -0.2) is 0 Å². The maximum atomic E-state index is 12.0. The average Bonchev–Trinajstić information content (AvgIpc) is 2.66. The summed E-state index contributed by atoms with van der Waals surface area (Å²) in [6.07, 6.45) is 12.0. The Morgan fingerprint density at radius 1 is 0.867 bits per heavy atom. The third-order valence-electron chi connectivity index (χ3n) is 4.85. The zero-order valence-electron chi connectivity index (χ0n) is 18.1. The summed E-state index contributed by atoms with van der Waals surface area (Å²) in [6.45, 7) is 2.23. The fourth-order valence-electron chi connectivity index (χ4n) is 3.31. The molecule has 7 heteroatoms. The molecule has 0 saturated heterocycles. The molecule has 0 aromatic heterocycles. The molecular formula is C23H31NaO5S. The molecule has 160 valence electrons. The van der Waals surface area contributed by atoms with Gasteiger partial charge in [0.15, 0.2) is 0 Å². The second-order valence-corrected chi connectivity index (χ2v) is 8.86. The summed E-state index contributed by atoms with van der Waals surface area (Å²) in [7, 11) is -4.30. The van der Waals surface area contributed by atoms with Gasteiger partial charge in [-0.2, -0.15) is 8.42 Å². The number of rotatable bonds is 13. The first kappa shape index (κ1) is 27.0. The van der Waals surface area contributed by atoms with Crippen LogP contribution < -0.4 is 39.4 Å². The third kappa shape index (κ3) is 10.3. The van der Waals surface area contributed by atoms with E-state index in [1.165, 1.54) is 69.2 Å². The van der Waals surface area contributed by atoms with Crippen molar-refractivity contribution >= 4 is 10.1 Å². The smallest absolute Gasteiger partial charge is 0.872 e. The van der Waals surface area contributed by atoms with Gasteiger partial charge in [0.2, 0.25) is 0 Å². The fourth-order valence-corrected chi connectivity index (χ4v) is 3.82. The van der Waals surface area contributed by atoms with E-state index in [-0.39, 0.29) is 46.0 Å². The Labute approximate surface area is 202 Å². The molecular weight excluding hydrogens is 411 g/mol. The maximum Gasteiger partial charge on any atom is 1.00 e. The van der Waals surface area contributed by atoms with Crippen LogP contribution in [0.5, 0.6) is 17.2 Å². The first-order chi connectivity index (χ1) is 13.9. The van der Waals surface area contributed by atoms with Gasteiger partial charge < -0.3 is 9.84 Å². The molecule has 0 radical (unpaired) electrons. The quantitative estimate of drug-likeness (QED) is 0.293. The van der Waals surface area contributed by atoms with Crippen LogP contribution in [-0.4, -0.2) is 13.0 Å². The molecule has 0 fully saturated rings. The predicted molar refractivity (Wildman–Crippen MR) is 113 cm³/mol. The van der Waals surface area contributed by atoms with E-state index in [0.29, 0.717) is 5.75 Å². The molecule has 2 aromatic carbocycles. The van der Waals surface area contributed by atoms with Crippen molar-refractivity contribution in [2.45, 2.75) is 76.0 Å². The molecule has 0 spiro atoms. The Morgan fingerprint density at radius 3 is 2.13 bits per heavy atom. The summed E-state index contributed by atoms with van der Waals surface area (Å²) in [5.74, 6) is 0.481. The number of unbranched alkanes of at least 4 members (excludes halogenated alkanes) is 8. The molecule has 0 aliphatic rings. The van der Waals surface area contributed by atoms with Gasteiger partial charge in [0.05, 0.1) is 4.90 Å². The second kappa shape index (κ2) is 14.1. The van der Waals surface area contributed by atoms with Gasteiger partial charge in [-0.05, 0) is 42.7 Å². The van der Waals surface area contributed by atoms with Crippen molar-refractivity contribution in [3.63, 3.8) is 0 Å². The Hall–Kier alpha value is -1.05. The van der Waals surface area contributed by atoms with E-state index >= 15 is 0 Å². The van der Waals surface area contributed by atoms with E-state index in [9.17, 15) is 13.5 Å². The van der Waals surface area contributed by atoms with E-state index in [1.54, 1.807) is 12.1 Å². The fraction of sp³-hybridized carbons (Fsp3) is 0.478. The van der Waals surface area contributed by atoms with E-state index in [4.69, 9.17) is 9.29 Å². The molecule has 2 rings (SSSR count). The van der Waals surface area contributed by atoms with E-state index in [0.717, 1.165) is 24.8 Å². The average molecular weight is 443 g/mol. The van der Waals surface area contributed by atoms with Crippen molar-refractivity contribution in [3.8, 4) is 17.2 Å². The van der Waals surface area contributed by atoms with Gasteiger partial charge in [-0.1, -0.05) is 70.4 Å². The molecule has 0 amide bonds. The molecule has 0 aliphatic carbocycles. The van der Waals surface area contributed by atoms with Gasteiger partial charge >= 0.3 is 29.6 Å². The molecule has 5 nitrogen and oxygen atoms in total. The molecule has 0 atom stereocenters. The normalized spacial score (nSPS) is 11.1. The molecule has 1 N–H and O–H groups in total. The minimum Gasteiger partial charge on any atom is -0.872 e. The number of aryl methyl sites for hydroxylation is 1. The zero-order chi connectivity index (χ0) is 21.1. The molecule has 2 aromatic rings. The van der Waals surface area contributed by atoms with Crippen LogP contribution in [0.15, 0.2) is 47.4 Å². The van der Waals surface area contributed by atoms with Crippen LogP contribution in [0.25, 0.3) is 0 Å². The van der Waals surface area contributed by atoms with Crippen molar-refractivity contribution in [3.05, 3.63) is 48.0 Å². The van der Waals surface area contributed by atoms with Gasteiger partial charge in [0, 0.05) is 6.07 Å². The van der Waals surface area contributed by atoms with Crippen LogP contribution in [0.1, 0.15) is 70.3 Å². The summed E-state index contributed by atoms with van der Waals surface area (Å²) in [6, 6.07) is 10.4. The van der Waals surface area contributed by atoms with Gasteiger partial charge in [-0.15, -0.1) is 5.75 Å².